The van der Waals surface area contributed by atoms with Crippen LogP contribution in [0.1, 0.15) is 11.5 Å². The van der Waals surface area contributed by atoms with Gasteiger partial charge in [0.2, 0.25) is 12.7 Å². The fourth-order valence-electron chi connectivity index (χ4n) is 3.12. The third-order valence-electron chi connectivity index (χ3n) is 4.65. The molecule has 0 unspecified atom stereocenters. The van der Waals surface area contributed by atoms with E-state index >= 15 is 0 Å². The molecule has 5 rings (SSSR count). The number of ether oxygens (including phenoxy) is 3. The van der Waals surface area contributed by atoms with E-state index in [0.29, 0.717) is 34.9 Å². The van der Waals surface area contributed by atoms with Gasteiger partial charge in [0, 0.05) is 18.1 Å². The Kier molecular flexibility index (Phi) is 5.75. The molecular weight excluding hydrogens is 432 g/mol. The van der Waals surface area contributed by atoms with Crippen molar-refractivity contribution in [2.45, 2.75) is 18.4 Å². The van der Waals surface area contributed by atoms with Gasteiger partial charge in [0.15, 0.2) is 18.1 Å². The molecule has 1 aliphatic heterocycles. The number of aromatic nitrogens is 3. The zero-order valence-electron chi connectivity index (χ0n) is 16.8. The van der Waals surface area contributed by atoms with E-state index in [1.54, 1.807) is 6.20 Å². The largest absolute Gasteiger partial charge is 0.482 e. The molecule has 1 N–H and O–H groups in total. The molecule has 10 heteroatoms. The number of nitrogens with zero attached hydrogens (tertiary/aromatic N) is 3. The molecule has 32 heavy (non-hydrogen) atoms. The number of carbonyl (C=O) groups is 1. The second-order valence-corrected chi connectivity index (χ2v) is 7.76. The van der Waals surface area contributed by atoms with Crippen LogP contribution < -0.4 is 19.5 Å². The predicted octanol–water partition coefficient (Wildman–Crippen LogP) is 3.33. The van der Waals surface area contributed by atoms with Gasteiger partial charge in [-0.05, 0) is 29.8 Å². The second-order valence-electron chi connectivity index (χ2n) is 6.83. The van der Waals surface area contributed by atoms with Crippen LogP contribution in [0.3, 0.4) is 0 Å². The van der Waals surface area contributed by atoms with E-state index in [0.717, 1.165) is 28.2 Å². The molecule has 1 aliphatic rings. The lowest BCUT2D eigenvalue weighted by molar-refractivity contribution is -0.118. The highest BCUT2D eigenvalue weighted by molar-refractivity contribution is 7.99. The first-order chi connectivity index (χ1) is 15.7. The van der Waals surface area contributed by atoms with Crippen LogP contribution in [0.15, 0.2) is 64.4 Å². The molecule has 0 saturated carbocycles. The molecule has 2 aromatic carbocycles. The minimum Gasteiger partial charge on any atom is -0.482 e. The summed E-state index contributed by atoms with van der Waals surface area (Å²) in [5, 5.41) is 12.1. The number of benzene rings is 2. The summed E-state index contributed by atoms with van der Waals surface area (Å²) >= 11 is 1.16. The molecule has 9 nitrogen and oxygen atoms in total. The molecule has 3 heterocycles. The Morgan fingerprint density at radius 3 is 2.97 bits per heavy atom. The van der Waals surface area contributed by atoms with Crippen LogP contribution in [0, 0.1) is 0 Å². The molecule has 0 spiro atoms. The van der Waals surface area contributed by atoms with Gasteiger partial charge in [-0.15, -0.1) is 10.2 Å². The molecule has 2 aromatic heterocycles. The van der Waals surface area contributed by atoms with Gasteiger partial charge in [-0.2, -0.15) is 0 Å². The maximum Gasteiger partial charge on any atom is 0.277 e. The molecule has 0 radical (unpaired) electrons. The van der Waals surface area contributed by atoms with Crippen molar-refractivity contribution in [3.63, 3.8) is 0 Å². The summed E-state index contributed by atoms with van der Waals surface area (Å²) in [5.74, 6) is 2.36. The van der Waals surface area contributed by atoms with Gasteiger partial charge in [0.1, 0.15) is 11.3 Å². The normalized spacial score (nSPS) is 12.1. The Bertz CT molecular complexity index is 1260. The lowest BCUT2D eigenvalue weighted by atomic mass is 10.2. The van der Waals surface area contributed by atoms with Gasteiger partial charge in [0.25, 0.3) is 11.1 Å². The lowest BCUT2D eigenvalue weighted by Gasteiger charge is -2.06. The summed E-state index contributed by atoms with van der Waals surface area (Å²) in [4.78, 5) is 16.5. The fourth-order valence-corrected chi connectivity index (χ4v) is 3.73. The number of fused-ring (bicyclic) bond motifs is 2. The van der Waals surface area contributed by atoms with Crippen LogP contribution >= 0.6 is 11.8 Å². The molecule has 0 saturated heterocycles. The van der Waals surface area contributed by atoms with Crippen LogP contribution in [0.5, 0.6) is 17.2 Å². The van der Waals surface area contributed by atoms with E-state index in [2.05, 4.69) is 20.5 Å². The number of rotatable bonds is 8. The molecule has 0 fully saturated rings. The van der Waals surface area contributed by atoms with Crippen molar-refractivity contribution in [3.05, 3.63) is 66.2 Å². The molecule has 0 aliphatic carbocycles. The first-order valence-corrected chi connectivity index (χ1v) is 10.8. The smallest absolute Gasteiger partial charge is 0.277 e. The molecule has 162 valence electrons. The monoisotopic (exact) mass is 450 g/mol. The van der Waals surface area contributed by atoms with Crippen molar-refractivity contribution in [1.82, 2.24) is 20.5 Å². The zero-order valence-corrected chi connectivity index (χ0v) is 17.6. The predicted molar refractivity (Wildman–Crippen MR) is 116 cm³/mol. The molecule has 0 atom stereocenters. The third-order valence-corrected chi connectivity index (χ3v) is 5.47. The molecule has 4 aromatic rings. The number of hydrogen-bond donors (Lipinski definition) is 1. The number of pyridine rings is 1. The van der Waals surface area contributed by atoms with Crippen LogP contribution in [0.4, 0.5) is 0 Å². The number of para-hydroxylation sites is 1. The average molecular weight is 450 g/mol. The van der Waals surface area contributed by atoms with Gasteiger partial charge < -0.3 is 23.9 Å². The van der Waals surface area contributed by atoms with Crippen LogP contribution in [-0.4, -0.2) is 33.6 Å². The highest BCUT2D eigenvalue weighted by Gasteiger charge is 2.14. The van der Waals surface area contributed by atoms with Gasteiger partial charge in [0.05, 0.1) is 5.75 Å². The standard InChI is InChI=1S/C22H18N4O5S/c27-19(24-10-14-6-7-16-18(9-14)30-13-29-16)12-32-22-26-25-20(31-22)11-28-17-5-1-3-15-4-2-8-23-21(15)17/h1-9H,10-13H2,(H,24,27). The maximum atomic E-state index is 12.2. The Labute approximate surface area is 187 Å². The van der Waals surface area contributed by atoms with Gasteiger partial charge in [-0.1, -0.05) is 36.0 Å². The van der Waals surface area contributed by atoms with Crippen molar-refractivity contribution in [2.24, 2.45) is 0 Å². The van der Waals surface area contributed by atoms with E-state index in [-0.39, 0.29) is 25.1 Å². The molecule has 0 bridgehead atoms. The summed E-state index contributed by atoms with van der Waals surface area (Å²) in [5.41, 5.74) is 1.69. The van der Waals surface area contributed by atoms with E-state index < -0.39 is 0 Å². The Morgan fingerprint density at radius 2 is 2.00 bits per heavy atom. The Balaban J connectivity index is 1.10. The number of carbonyl (C=O) groups excluding carboxylic acids is 1. The SMILES string of the molecule is O=C(CSc1nnc(COc2cccc3cccnc23)o1)NCc1ccc2c(c1)OCO2. The van der Waals surface area contributed by atoms with Crippen molar-refractivity contribution >= 4 is 28.6 Å². The first-order valence-electron chi connectivity index (χ1n) is 9.81. The minimum atomic E-state index is -0.148. The summed E-state index contributed by atoms with van der Waals surface area (Å²) < 4.78 is 22.0. The number of thioether (sulfide) groups is 1. The Morgan fingerprint density at radius 1 is 1.09 bits per heavy atom. The lowest BCUT2D eigenvalue weighted by Crippen LogP contribution is -2.24. The maximum absolute atomic E-state index is 12.2. The van der Waals surface area contributed by atoms with Crippen LogP contribution in [0.25, 0.3) is 10.9 Å². The summed E-state index contributed by atoms with van der Waals surface area (Å²) in [6, 6.07) is 15.1. The first kappa shape index (κ1) is 20.1. The molecule has 1 amide bonds. The summed E-state index contributed by atoms with van der Waals surface area (Å²) in [7, 11) is 0. The van der Waals surface area contributed by atoms with E-state index in [1.165, 1.54) is 0 Å². The number of amides is 1. The van der Waals surface area contributed by atoms with E-state index in [4.69, 9.17) is 18.6 Å². The average Bonchev–Trinajstić information content (AvgIpc) is 3.49. The van der Waals surface area contributed by atoms with Crippen LogP contribution in [-0.2, 0) is 17.9 Å². The summed E-state index contributed by atoms with van der Waals surface area (Å²) in [6.45, 7) is 0.718. The topological polar surface area (TPSA) is 109 Å². The van der Waals surface area contributed by atoms with Gasteiger partial charge in [-0.25, -0.2) is 0 Å². The van der Waals surface area contributed by atoms with Gasteiger partial charge >= 0.3 is 0 Å². The Hall–Kier alpha value is -3.79. The van der Waals surface area contributed by atoms with Gasteiger partial charge in [-0.3, -0.25) is 9.78 Å². The summed E-state index contributed by atoms with van der Waals surface area (Å²) in [6.07, 6.45) is 1.72. The van der Waals surface area contributed by atoms with Crippen molar-refractivity contribution < 1.29 is 23.4 Å². The number of nitrogens with one attached hydrogen (secondary N) is 1. The zero-order chi connectivity index (χ0) is 21.8. The van der Waals surface area contributed by atoms with Crippen LogP contribution in [0.2, 0.25) is 0 Å². The van der Waals surface area contributed by atoms with Crippen molar-refractivity contribution in [3.8, 4) is 17.2 Å². The highest BCUT2D eigenvalue weighted by Crippen LogP contribution is 2.32. The van der Waals surface area contributed by atoms with E-state index in [9.17, 15) is 4.79 Å². The van der Waals surface area contributed by atoms with E-state index in [1.807, 2.05) is 48.5 Å². The quantitative estimate of drug-likeness (QED) is 0.404. The fraction of sp³-hybridized carbons (Fsp3) is 0.182. The second kappa shape index (κ2) is 9.15. The van der Waals surface area contributed by atoms with Crippen molar-refractivity contribution in [1.29, 1.82) is 0 Å². The highest BCUT2D eigenvalue weighted by atomic mass is 32.2. The third kappa shape index (κ3) is 4.59. The number of hydrogen-bond acceptors (Lipinski definition) is 9. The minimum absolute atomic E-state index is 0.111. The molecular formula is C22H18N4O5S. The van der Waals surface area contributed by atoms with Crippen molar-refractivity contribution in [2.75, 3.05) is 12.5 Å².